The zero-order valence-electron chi connectivity index (χ0n) is 11.3. The Morgan fingerprint density at radius 3 is 2.74 bits per heavy atom. The summed E-state index contributed by atoms with van der Waals surface area (Å²) in [6.07, 6.45) is 0.733. The molecule has 0 bridgehead atoms. The maximum Gasteiger partial charge on any atom is 0.313 e. The van der Waals surface area contributed by atoms with Gasteiger partial charge in [-0.05, 0) is 26.3 Å². The Bertz CT molecular complexity index is 540. The van der Waals surface area contributed by atoms with Crippen molar-refractivity contribution >= 4 is 11.5 Å². The molecule has 0 aromatic heterocycles. The first kappa shape index (κ1) is 13.5. The van der Waals surface area contributed by atoms with Crippen LogP contribution in [0.1, 0.15) is 32.3 Å². The second kappa shape index (κ2) is 4.64. The number of nitro groups is 1. The molecule has 0 radical (unpaired) electrons. The number of hydrogen-bond donors (Lipinski definition) is 0. The highest BCUT2D eigenvalue weighted by Gasteiger charge is 2.52. The second-order valence-corrected chi connectivity index (χ2v) is 5.18. The summed E-state index contributed by atoms with van der Waals surface area (Å²) in [7, 11) is 0. The van der Waals surface area contributed by atoms with E-state index < -0.39 is 10.3 Å². The molecule has 2 atom stereocenters. The van der Waals surface area contributed by atoms with Crippen molar-refractivity contribution in [3.8, 4) is 5.75 Å². The fraction of sp³-hybridized carbons (Fsp3) is 0.500. The lowest BCUT2D eigenvalue weighted by atomic mass is 9.64. The number of rotatable bonds is 4. The molecule has 0 spiro atoms. The van der Waals surface area contributed by atoms with Gasteiger partial charge in [-0.15, -0.1) is 0 Å². The predicted octanol–water partition coefficient (Wildman–Crippen LogP) is 3.04. The summed E-state index contributed by atoms with van der Waals surface area (Å²) in [5.41, 5.74) is 0.0316. The largest absolute Gasteiger partial charge is 0.482 e. The molecule has 5 heteroatoms. The molecule has 2 unspecified atom stereocenters. The minimum atomic E-state index is -0.516. The first-order valence-corrected chi connectivity index (χ1v) is 6.34. The molecule has 0 heterocycles. The number of aryl methyl sites for hydroxylation is 1. The normalized spacial score (nSPS) is 25.8. The average molecular weight is 263 g/mol. The molecule has 2 rings (SSSR count). The van der Waals surface area contributed by atoms with E-state index >= 15 is 0 Å². The molecule has 1 aromatic rings. The first-order valence-electron chi connectivity index (χ1n) is 6.34. The van der Waals surface area contributed by atoms with E-state index in [2.05, 4.69) is 0 Å². The van der Waals surface area contributed by atoms with Crippen LogP contribution in [0.2, 0.25) is 0 Å². The minimum absolute atomic E-state index is 0.0136. The van der Waals surface area contributed by atoms with Crippen LogP contribution >= 0.6 is 0 Å². The van der Waals surface area contributed by atoms with Gasteiger partial charge in [-0.2, -0.15) is 0 Å². The Labute approximate surface area is 111 Å². The average Bonchev–Trinajstić information content (AvgIpc) is 2.37. The van der Waals surface area contributed by atoms with Gasteiger partial charge in [-0.1, -0.05) is 19.1 Å². The van der Waals surface area contributed by atoms with Gasteiger partial charge in [0.2, 0.25) is 0 Å². The summed E-state index contributed by atoms with van der Waals surface area (Å²) < 4.78 is 5.74. The fourth-order valence-electron chi connectivity index (χ4n) is 2.39. The summed E-state index contributed by atoms with van der Waals surface area (Å²) in [4.78, 5) is 22.3. The Balaban J connectivity index is 2.28. The van der Waals surface area contributed by atoms with E-state index in [0.717, 1.165) is 0 Å². The molecule has 0 N–H and O–H groups in total. The summed E-state index contributed by atoms with van der Waals surface area (Å²) in [6, 6.07) is 4.99. The van der Waals surface area contributed by atoms with E-state index in [1.54, 1.807) is 25.1 Å². The maximum absolute atomic E-state index is 11.7. The number of ketones is 1. The van der Waals surface area contributed by atoms with Crippen LogP contribution in [0.3, 0.4) is 0 Å². The number of nitro benzene ring substituents is 1. The van der Waals surface area contributed by atoms with Gasteiger partial charge < -0.3 is 4.74 Å². The van der Waals surface area contributed by atoms with Gasteiger partial charge in [-0.3, -0.25) is 14.9 Å². The van der Waals surface area contributed by atoms with Crippen LogP contribution < -0.4 is 4.74 Å². The van der Waals surface area contributed by atoms with Crippen LogP contribution in [0.4, 0.5) is 5.69 Å². The highest BCUT2D eigenvalue weighted by atomic mass is 16.6. The topological polar surface area (TPSA) is 69.4 Å². The first-order chi connectivity index (χ1) is 8.90. The maximum atomic E-state index is 11.7. The number of hydrogen-bond acceptors (Lipinski definition) is 4. The summed E-state index contributed by atoms with van der Waals surface area (Å²) in [6.45, 7) is 5.46. The zero-order chi connectivity index (χ0) is 14.2. The molecule has 19 heavy (non-hydrogen) atoms. The smallest absolute Gasteiger partial charge is 0.313 e. The number of para-hydroxylation sites is 1. The highest BCUT2D eigenvalue weighted by molar-refractivity contribution is 5.92. The second-order valence-electron chi connectivity index (χ2n) is 5.18. The molecular formula is C14H17NO4. The van der Waals surface area contributed by atoms with Crippen LogP contribution in [0.15, 0.2) is 18.2 Å². The van der Waals surface area contributed by atoms with E-state index in [4.69, 9.17) is 4.74 Å². The molecule has 102 valence electrons. The lowest BCUT2D eigenvalue weighted by Crippen LogP contribution is -2.54. The number of ether oxygens (including phenoxy) is 1. The van der Waals surface area contributed by atoms with Gasteiger partial charge in [0.05, 0.1) is 10.3 Å². The van der Waals surface area contributed by atoms with Crippen molar-refractivity contribution in [2.45, 2.75) is 39.7 Å². The SMILES string of the molecule is CCC1(C)C(=O)CC1Oc1cccc(C)c1[N+](=O)[O-]. The highest BCUT2D eigenvalue weighted by Crippen LogP contribution is 2.44. The monoisotopic (exact) mass is 263 g/mol. The van der Waals surface area contributed by atoms with Gasteiger partial charge in [0.1, 0.15) is 11.9 Å². The van der Waals surface area contributed by atoms with Crippen molar-refractivity contribution < 1.29 is 14.5 Å². The number of benzene rings is 1. The van der Waals surface area contributed by atoms with Crippen molar-refractivity contribution in [1.82, 2.24) is 0 Å². The molecule has 1 fully saturated rings. The van der Waals surface area contributed by atoms with Crippen LogP contribution in [0.5, 0.6) is 5.75 Å². The van der Waals surface area contributed by atoms with E-state index in [9.17, 15) is 14.9 Å². The van der Waals surface area contributed by atoms with Gasteiger partial charge in [0.25, 0.3) is 0 Å². The number of nitrogens with zero attached hydrogens (tertiary/aromatic N) is 1. The summed E-state index contributed by atoms with van der Waals surface area (Å²) in [5.74, 6) is 0.414. The van der Waals surface area contributed by atoms with Crippen LogP contribution in [0.25, 0.3) is 0 Å². The molecule has 1 aliphatic rings. The lowest BCUT2D eigenvalue weighted by molar-refractivity contribution is -0.386. The summed E-state index contributed by atoms with van der Waals surface area (Å²) in [5, 5.41) is 11.1. The number of carbonyl (C=O) groups is 1. The summed E-state index contributed by atoms with van der Waals surface area (Å²) >= 11 is 0. The third kappa shape index (κ3) is 2.09. The third-order valence-corrected chi connectivity index (χ3v) is 4.11. The minimum Gasteiger partial charge on any atom is -0.482 e. The molecule has 5 nitrogen and oxygen atoms in total. The molecular weight excluding hydrogens is 246 g/mol. The predicted molar refractivity (Wildman–Crippen MR) is 70.3 cm³/mol. The van der Waals surface area contributed by atoms with Crippen molar-refractivity contribution in [2.24, 2.45) is 5.41 Å². The zero-order valence-corrected chi connectivity index (χ0v) is 11.3. The molecule has 1 saturated carbocycles. The van der Waals surface area contributed by atoms with E-state index in [0.29, 0.717) is 18.4 Å². The van der Waals surface area contributed by atoms with Gasteiger partial charge in [0, 0.05) is 12.0 Å². The van der Waals surface area contributed by atoms with E-state index in [-0.39, 0.29) is 23.3 Å². The molecule has 1 aromatic carbocycles. The Morgan fingerprint density at radius 1 is 1.53 bits per heavy atom. The molecule has 0 amide bonds. The van der Waals surface area contributed by atoms with Crippen LogP contribution in [0, 0.1) is 22.5 Å². The van der Waals surface area contributed by atoms with E-state index in [1.165, 1.54) is 0 Å². The molecule has 0 aliphatic heterocycles. The Hall–Kier alpha value is -1.91. The van der Waals surface area contributed by atoms with Crippen LogP contribution in [-0.4, -0.2) is 16.8 Å². The van der Waals surface area contributed by atoms with Crippen molar-refractivity contribution in [3.05, 3.63) is 33.9 Å². The molecule has 0 saturated heterocycles. The molecule has 1 aliphatic carbocycles. The number of Topliss-reactive ketones (excluding diaryl/α,β-unsaturated/α-hetero) is 1. The Morgan fingerprint density at radius 2 is 2.21 bits per heavy atom. The standard InChI is InChI=1S/C14H17NO4/c1-4-14(3)11(16)8-12(14)19-10-7-5-6-9(2)13(10)15(17)18/h5-7,12H,4,8H2,1-3H3. The Kier molecular flexibility index (Phi) is 3.30. The number of carbonyl (C=O) groups excluding carboxylic acids is 1. The van der Waals surface area contributed by atoms with Crippen molar-refractivity contribution in [3.63, 3.8) is 0 Å². The fourth-order valence-corrected chi connectivity index (χ4v) is 2.39. The third-order valence-electron chi connectivity index (χ3n) is 4.11. The van der Waals surface area contributed by atoms with Crippen molar-refractivity contribution in [1.29, 1.82) is 0 Å². The lowest BCUT2D eigenvalue weighted by Gasteiger charge is -2.44. The van der Waals surface area contributed by atoms with E-state index in [1.807, 2.05) is 13.8 Å². The van der Waals surface area contributed by atoms with Crippen LogP contribution in [-0.2, 0) is 4.79 Å². The van der Waals surface area contributed by atoms with Gasteiger partial charge >= 0.3 is 5.69 Å². The quantitative estimate of drug-likeness (QED) is 0.618. The van der Waals surface area contributed by atoms with Crippen molar-refractivity contribution in [2.75, 3.05) is 0 Å². The van der Waals surface area contributed by atoms with Gasteiger partial charge in [-0.25, -0.2) is 0 Å². The van der Waals surface area contributed by atoms with Gasteiger partial charge in [0.15, 0.2) is 5.75 Å².